The van der Waals surface area contributed by atoms with Crippen molar-refractivity contribution in [3.05, 3.63) is 181 Å². The van der Waals surface area contributed by atoms with Gasteiger partial charge in [0.1, 0.15) is 29.0 Å². The Balaban J connectivity index is 0.000000221. The molecule has 0 spiro atoms. The SMILES string of the molecule is O=S(=O)(O)C(F)(F)F.O=S(=O)([O-])C(F)(F)F.Oc1c(-c2ccc(F)cc2)cc(S)c(-c2ccc(F)cc2)c1-c1ccc(F)cc1.Oc1ccc([S+](c2ccccc2)c2ccccc2)cc1. The third-order valence-corrected chi connectivity index (χ3v) is 12.0. The molecule has 0 atom stereocenters. The topological polar surface area (TPSA) is 152 Å². The second-order valence-electron chi connectivity index (χ2n) is 12.8. The van der Waals surface area contributed by atoms with Crippen LogP contribution in [-0.4, -0.2) is 47.2 Å². The largest absolute Gasteiger partial charge is 0.741 e. The van der Waals surface area contributed by atoms with Gasteiger partial charge in [-0.1, -0.05) is 72.8 Å². The average molecular weight is 987 g/mol. The van der Waals surface area contributed by atoms with Crippen molar-refractivity contribution in [2.45, 2.75) is 30.6 Å². The van der Waals surface area contributed by atoms with Crippen molar-refractivity contribution in [1.82, 2.24) is 0 Å². The van der Waals surface area contributed by atoms with Crippen molar-refractivity contribution < 1.29 is 75.7 Å². The molecule has 65 heavy (non-hydrogen) atoms. The fourth-order valence-electron chi connectivity index (χ4n) is 5.42. The van der Waals surface area contributed by atoms with Crippen molar-refractivity contribution >= 4 is 43.8 Å². The Bertz CT molecular complexity index is 2790. The smallest absolute Gasteiger partial charge is 0.522 e. The first kappa shape index (κ1) is 51.7. The molecule has 7 aromatic carbocycles. The highest BCUT2D eigenvalue weighted by atomic mass is 32.2. The Labute approximate surface area is 374 Å². The van der Waals surface area contributed by atoms with Crippen LogP contribution in [0.3, 0.4) is 0 Å². The molecule has 3 N–H and O–H groups in total. The van der Waals surface area contributed by atoms with Gasteiger partial charge in [0.15, 0.2) is 24.8 Å². The van der Waals surface area contributed by atoms with Crippen LogP contribution in [0.25, 0.3) is 33.4 Å². The number of benzene rings is 7. The molecular formula is C44H31F9O8S4. The van der Waals surface area contributed by atoms with Crippen LogP contribution in [0, 0.1) is 17.5 Å². The molecule has 0 saturated heterocycles. The number of thiol groups is 1. The third-order valence-electron chi connectivity index (χ3n) is 8.31. The van der Waals surface area contributed by atoms with E-state index in [4.69, 9.17) is 25.9 Å². The number of phenolic OH excluding ortho intramolecular Hbond substituents is 2. The molecule has 0 amide bonds. The summed E-state index contributed by atoms with van der Waals surface area (Å²) in [6, 6.07) is 47.4. The number of hydrogen-bond donors (Lipinski definition) is 4. The fourth-order valence-corrected chi connectivity index (χ4v) is 7.87. The van der Waals surface area contributed by atoms with Crippen LogP contribution in [0.4, 0.5) is 39.5 Å². The van der Waals surface area contributed by atoms with Crippen LogP contribution in [0.1, 0.15) is 0 Å². The highest BCUT2D eigenvalue weighted by molar-refractivity contribution is 7.97. The molecule has 0 aliphatic rings. The van der Waals surface area contributed by atoms with Crippen LogP contribution in [0.15, 0.2) is 183 Å². The maximum absolute atomic E-state index is 13.5. The summed E-state index contributed by atoms with van der Waals surface area (Å²) >= 11 is 4.61. The van der Waals surface area contributed by atoms with Gasteiger partial charge in [0, 0.05) is 21.6 Å². The summed E-state index contributed by atoms with van der Waals surface area (Å²) < 4.78 is 157. The van der Waals surface area contributed by atoms with E-state index in [-0.39, 0.29) is 28.3 Å². The lowest BCUT2D eigenvalue weighted by molar-refractivity contribution is -0.0519. The molecule has 0 unspecified atom stereocenters. The van der Waals surface area contributed by atoms with E-state index in [1.807, 2.05) is 24.3 Å². The predicted molar refractivity (Wildman–Crippen MR) is 228 cm³/mol. The van der Waals surface area contributed by atoms with E-state index in [2.05, 4.69) is 61.2 Å². The standard InChI is InChI=1S/C24H15F3OS.C18H14OS.2CHF3O3S/c25-17-7-1-14(2-8-17)20-13-21(29)22(15-3-9-18(26)10-4-15)23(24(20)28)16-5-11-19(27)12-6-16;19-15-11-13-18(14-12-15)20(16-7-3-1-4-8-16)17-9-5-2-6-10-17;2*2-1(3,4)8(5,6)7/h1-13,28-29H;1-14H;2*(H,5,6,7). The zero-order chi connectivity index (χ0) is 48.3. The Morgan fingerprint density at radius 1 is 0.492 bits per heavy atom. The van der Waals surface area contributed by atoms with Crippen molar-refractivity contribution in [2.75, 3.05) is 0 Å². The van der Waals surface area contributed by atoms with Crippen LogP contribution < -0.4 is 0 Å². The van der Waals surface area contributed by atoms with Gasteiger partial charge < -0.3 is 14.8 Å². The van der Waals surface area contributed by atoms with Crippen LogP contribution in [0.5, 0.6) is 11.5 Å². The number of halogens is 9. The molecule has 7 aromatic rings. The second kappa shape index (κ2) is 21.8. The minimum Gasteiger partial charge on any atom is -0.741 e. The first-order valence-electron chi connectivity index (χ1n) is 17.8. The van der Waals surface area contributed by atoms with Gasteiger partial charge in [-0.05, 0) is 108 Å². The minimum atomic E-state index is -6.09. The van der Waals surface area contributed by atoms with E-state index in [1.54, 1.807) is 54.6 Å². The number of phenols is 2. The minimum absolute atomic E-state index is 0.0552. The maximum atomic E-state index is 13.5. The number of hydrogen-bond acceptors (Lipinski definition) is 8. The van der Waals surface area contributed by atoms with Crippen LogP contribution in [0.2, 0.25) is 0 Å². The molecule has 21 heteroatoms. The van der Waals surface area contributed by atoms with Gasteiger partial charge in [0.05, 0.1) is 10.9 Å². The van der Waals surface area contributed by atoms with Gasteiger partial charge >= 0.3 is 21.1 Å². The molecule has 342 valence electrons. The fraction of sp³-hybridized carbons (Fsp3) is 0.0455. The van der Waals surface area contributed by atoms with Gasteiger partial charge in [-0.25, -0.2) is 21.6 Å². The van der Waals surface area contributed by atoms with E-state index in [0.29, 0.717) is 44.0 Å². The summed E-state index contributed by atoms with van der Waals surface area (Å²) in [6.45, 7) is 0. The number of alkyl halides is 6. The molecular weight excluding hydrogens is 956 g/mol. The molecule has 0 aromatic heterocycles. The zero-order valence-electron chi connectivity index (χ0n) is 32.5. The molecule has 8 nitrogen and oxygen atoms in total. The highest BCUT2D eigenvalue weighted by Crippen LogP contribution is 2.48. The lowest BCUT2D eigenvalue weighted by Gasteiger charge is -2.18. The van der Waals surface area contributed by atoms with Gasteiger partial charge in [-0.15, -0.1) is 12.6 Å². The monoisotopic (exact) mass is 986 g/mol. The summed E-state index contributed by atoms with van der Waals surface area (Å²) in [6.07, 6.45) is 0. The molecule has 7 rings (SSSR count). The van der Waals surface area contributed by atoms with Crippen molar-refractivity contribution in [2.24, 2.45) is 0 Å². The second-order valence-corrected chi connectivity index (χ2v) is 18.1. The molecule has 0 fully saturated rings. The normalized spacial score (nSPS) is 11.6. The van der Waals surface area contributed by atoms with Gasteiger partial charge in [0.2, 0.25) is 0 Å². The number of rotatable bonds is 6. The van der Waals surface area contributed by atoms with E-state index < -0.39 is 37.1 Å². The molecule has 0 radical (unpaired) electrons. The predicted octanol–water partition coefficient (Wildman–Crippen LogP) is 12.0. The molecule has 0 bridgehead atoms. The highest BCUT2D eigenvalue weighted by Gasteiger charge is 2.44. The van der Waals surface area contributed by atoms with Crippen molar-refractivity contribution in [3.8, 4) is 44.9 Å². The molecule has 0 heterocycles. The summed E-state index contributed by atoms with van der Waals surface area (Å²) in [4.78, 5) is 4.31. The Kier molecular flexibility index (Phi) is 17.3. The van der Waals surface area contributed by atoms with E-state index in [1.165, 1.54) is 51.1 Å². The molecule has 0 saturated carbocycles. The summed E-state index contributed by atoms with van der Waals surface area (Å²) in [5.74, 6) is -0.929. The van der Waals surface area contributed by atoms with E-state index in [9.17, 15) is 49.7 Å². The van der Waals surface area contributed by atoms with Crippen molar-refractivity contribution in [1.29, 1.82) is 0 Å². The Morgan fingerprint density at radius 2 is 0.815 bits per heavy atom. The van der Waals surface area contributed by atoms with Crippen molar-refractivity contribution in [3.63, 3.8) is 0 Å². The first-order chi connectivity index (χ1) is 30.3. The van der Waals surface area contributed by atoms with Crippen LogP contribution >= 0.6 is 12.6 Å². The Morgan fingerprint density at radius 3 is 1.15 bits per heavy atom. The Hall–Kier alpha value is -5.97. The van der Waals surface area contributed by atoms with Crippen LogP contribution in [-0.2, 0) is 31.1 Å². The van der Waals surface area contributed by atoms with Gasteiger partial charge in [0.25, 0.3) is 0 Å². The molecule has 0 aliphatic heterocycles. The van der Waals surface area contributed by atoms with E-state index >= 15 is 0 Å². The maximum Gasteiger partial charge on any atom is 0.522 e. The quantitative estimate of drug-likeness (QED) is 0.0423. The summed E-state index contributed by atoms with van der Waals surface area (Å²) in [5, 5.41) is 20.6. The lowest BCUT2D eigenvalue weighted by Crippen LogP contribution is -2.21. The zero-order valence-corrected chi connectivity index (χ0v) is 35.9. The summed E-state index contributed by atoms with van der Waals surface area (Å²) in [5.41, 5.74) is -7.88. The van der Waals surface area contributed by atoms with Gasteiger partial charge in [-0.2, -0.15) is 34.8 Å². The third kappa shape index (κ3) is 14.5. The first-order valence-corrected chi connectivity index (χ1v) is 22.4. The van der Waals surface area contributed by atoms with Gasteiger partial charge in [-0.3, -0.25) is 4.55 Å². The number of aromatic hydroxyl groups is 2. The van der Waals surface area contributed by atoms with E-state index in [0.717, 1.165) is 0 Å². The lowest BCUT2D eigenvalue weighted by atomic mass is 9.89. The average Bonchev–Trinajstić information content (AvgIpc) is 3.23. The summed E-state index contributed by atoms with van der Waals surface area (Å²) in [7, 11) is -12.1. The molecule has 0 aliphatic carbocycles.